The van der Waals surface area contributed by atoms with Crippen LogP contribution in [0.4, 0.5) is 0 Å². The van der Waals surface area contributed by atoms with E-state index in [1.165, 1.54) is 14.9 Å². The Kier molecular flexibility index (Phi) is 3.57. The average Bonchev–Trinajstić information content (AvgIpc) is 3.24. The Morgan fingerprint density at radius 3 is 2.59 bits per heavy atom. The fourth-order valence-corrected chi connectivity index (χ4v) is 3.73. The molecule has 22 heavy (non-hydrogen) atoms. The zero-order chi connectivity index (χ0) is 15.1. The van der Waals surface area contributed by atoms with E-state index in [1.807, 2.05) is 29.2 Å². The second-order valence-corrected chi connectivity index (χ2v) is 7.33. The third kappa shape index (κ3) is 2.39. The van der Waals surface area contributed by atoms with Gasteiger partial charge in [0.05, 0.1) is 0 Å². The second-order valence-electron chi connectivity index (χ2n) is 5.13. The fourth-order valence-electron chi connectivity index (χ4n) is 2.52. The maximum atomic E-state index is 12.5. The number of hydrogen-bond donors (Lipinski definition) is 0. The Bertz CT molecular complexity index is 835. The summed E-state index contributed by atoms with van der Waals surface area (Å²) in [5.74, 6) is 0.231. The second kappa shape index (κ2) is 5.58. The zero-order valence-electron chi connectivity index (χ0n) is 11.6. The largest absolute Gasteiger partial charge is 0.336 e. The van der Waals surface area contributed by atoms with Crippen LogP contribution in [0, 0.1) is 3.57 Å². The molecule has 0 radical (unpaired) electrons. The molecule has 2 aromatic heterocycles. The van der Waals surface area contributed by atoms with E-state index in [2.05, 4.69) is 37.9 Å². The summed E-state index contributed by atoms with van der Waals surface area (Å²) in [6.45, 7) is 1.59. The van der Waals surface area contributed by atoms with Gasteiger partial charge in [0.2, 0.25) is 10.8 Å². The summed E-state index contributed by atoms with van der Waals surface area (Å²) in [6, 6.07) is 8.12. The standard InChI is InChI=1S/C14H12IN5OS/c15-10-5-3-9(4-6-10)12-18-20-11(16-17-14(20)22-12)13(21)19-7-1-2-8-19/h3-6H,1-2,7-8H2. The molecule has 0 spiro atoms. The van der Waals surface area contributed by atoms with Crippen LogP contribution >= 0.6 is 33.9 Å². The van der Waals surface area contributed by atoms with Crippen LogP contribution in [-0.4, -0.2) is 43.7 Å². The first-order chi connectivity index (χ1) is 10.7. The Labute approximate surface area is 144 Å². The lowest BCUT2D eigenvalue weighted by Gasteiger charge is -2.12. The highest BCUT2D eigenvalue weighted by Gasteiger charge is 2.25. The van der Waals surface area contributed by atoms with Gasteiger partial charge in [0.1, 0.15) is 5.01 Å². The molecule has 3 aromatic rings. The van der Waals surface area contributed by atoms with Gasteiger partial charge in [-0.05, 0) is 47.6 Å². The maximum absolute atomic E-state index is 12.5. The van der Waals surface area contributed by atoms with Crippen LogP contribution in [0.3, 0.4) is 0 Å². The van der Waals surface area contributed by atoms with Crippen molar-refractivity contribution in [2.75, 3.05) is 13.1 Å². The number of aromatic nitrogens is 4. The van der Waals surface area contributed by atoms with Gasteiger partial charge in [-0.25, -0.2) is 0 Å². The topological polar surface area (TPSA) is 63.4 Å². The van der Waals surface area contributed by atoms with Crippen LogP contribution in [0.15, 0.2) is 24.3 Å². The van der Waals surface area contributed by atoms with Crippen LogP contribution in [-0.2, 0) is 0 Å². The van der Waals surface area contributed by atoms with E-state index >= 15 is 0 Å². The first kappa shape index (κ1) is 14.1. The third-order valence-electron chi connectivity index (χ3n) is 3.67. The molecule has 1 fully saturated rings. The molecule has 0 N–H and O–H groups in total. The quantitative estimate of drug-likeness (QED) is 0.593. The fraction of sp³-hybridized carbons (Fsp3) is 0.286. The van der Waals surface area contributed by atoms with Crippen molar-refractivity contribution in [2.24, 2.45) is 0 Å². The number of benzene rings is 1. The van der Waals surface area contributed by atoms with Crippen molar-refractivity contribution in [3.63, 3.8) is 0 Å². The minimum Gasteiger partial charge on any atom is -0.336 e. The summed E-state index contributed by atoms with van der Waals surface area (Å²) in [4.78, 5) is 14.9. The van der Waals surface area contributed by atoms with Crippen molar-refractivity contribution in [1.29, 1.82) is 0 Å². The monoisotopic (exact) mass is 425 g/mol. The van der Waals surface area contributed by atoms with Crippen LogP contribution in [0.25, 0.3) is 15.5 Å². The van der Waals surface area contributed by atoms with Crippen molar-refractivity contribution >= 4 is 44.8 Å². The average molecular weight is 425 g/mol. The van der Waals surface area contributed by atoms with Crippen LogP contribution in [0.2, 0.25) is 0 Å². The van der Waals surface area contributed by atoms with E-state index in [4.69, 9.17) is 0 Å². The number of carbonyl (C=O) groups excluding carboxylic acids is 1. The summed E-state index contributed by atoms with van der Waals surface area (Å²) in [7, 11) is 0. The van der Waals surface area contributed by atoms with E-state index in [0.717, 1.165) is 36.5 Å². The molecular weight excluding hydrogens is 413 g/mol. The molecule has 4 rings (SSSR count). The molecule has 1 aliphatic rings. The number of amides is 1. The number of likely N-dealkylation sites (tertiary alicyclic amines) is 1. The van der Waals surface area contributed by atoms with Crippen molar-refractivity contribution in [3.8, 4) is 10.6 Å². The molecule has 6 nitrogen and oxygen atoms in total. The normalized spacial score (nSPS) is 14.9. The molecule has 112 valence electrons. The molecule has 0 bridgehead atoms. The predicted octanol–water partition coefficient (Wildman–Crippen LogP) is 2.69. The SMILES string of the molecule is O=C(c1nnc2sc(-c3ccc(I)cc3)nn12)N1CCCC1. The number of nitrogens with zero attached hydrogens (tertiary/aromatic N) is 5. The first-order valence-corrected chi connectivity index (χ1v) is 8.89. The molecule has 1 aliphatic heterocycles. The lowest BCUT2D eigenvalue weighted by atomic mass is 10.2. The lowest BCUT2D eigenvalue weighted by molar-refractivity contribution is 0.0778. The molecular formula is C14H12IN5OS. The van der Waals surface area contributed by atoms with Gasteiger partial charge in [-0.1, -0.05) is 23.5 Å². The Balaban J connectivity index is 1.72. The van der Waals surface area contributed by atoms with Crippen LogP contribution < -0.4 is 0 Å². The molecule has 0 atom stereocenters. The zero-order valence-corrected chi connectivity index (χ0v) is 14.5. The summed E-state index contributed by atoms with van der Waals surface area (Å²) in [5, 5.41) is 13.5. The minimum atomic E-state index is -0.0792. The molecule has 1 aromatic carbocycles. The predicted molar refractivity (Wildman–Crippen MR) is 91.9 cm³/mol. The van der Waals surface area contributed by atoms with E-state index in [1.54, 1.807) is 4.52 Å². The molecule has 1 saturated heterocycles. The van der Waals surface area contributed by atoms with Crippen molar-refractivity contribution in [1.82, 2.24) is 24.7 Å². The Morgan fingerprint density at radius 2 is 1.86 bits per heavy atom. The van der Waals surface area contributed by atoms with Crippen molar-refractivity contribution < 1.29 is 4.79 Å². The van der Waals surface area contributed by atoms with Gasteiger partial charge >= 0.3 is 0 Å². The van der Waals surface area contributed by atoms with Gasteiger partial charge in [-0.15, -0.1) is 10.2 Å². The first-order valence-electron chi connectivity index (χ1n) is 7.00. The molecule has 0 saturated carbocycles. The summed E-state index contributed by atoms with van der Waals surface area (Å²) >= 11 is 3.71. The third-order valence-corrected chi connectivity index (χ3v) is 5.33. The molecule has 1 amide bonds. The molecule has 0 aliphatic carbocycles. The van der Waals surface area contributed by atoms with Crippen LogP contribution in [0.5, 0.6) is 0 Å². The molecule has 0 unspecified atom stereocenters. The van der Waals surface area contributed by atoms with Crippen molar-refractivity contribution in [2.45, 2.75) is 12.8 Å². The number of fused-ring (bicyclic) bond motifs is 1. The summed E-state index contributed by atoms with van der Waals surface area (Å²) in [6.07, 6.45) is 2.11. The van der Waals surface area contributed by atoms with E-state index in [0.29, 0.717) is 10.8 Å². The highest BCUT2D eigenvalue weighted by Crippen LogP contribution is 2.26. The van der Waals surface area contributed by atoms with Gasteiger partial charge in [0.25, 0.3) is 5.91 Å². The molecule has 3 heterocycles. The summed E-state index contributed by atoms with van der Waals surface area (Å²) in [5.41, 5.74) is 1.02. The minimum absolute atomic E-state index is 0.0792. The van der Waals surface area contributed by atoms with Gasteiger partial charge in [-0.3, -0.25) is 4.79 Å². The molecule has 8 heteroatoms. The van der Waals surface area contributed by atoms with E-state index in [-0.39, 0.29) is 5.91 Å². The van der Waals surface area contributed by atoms with E-state index in [9.17, 15) is 4.79 Å². The summed E-state index contributed by atoms with van der Waals surface area (Å²) < 4.78 is 2.74. The number of carbonyl (C=O) groups is 1. The number of rotatable bonds is 2. The van der Waals surface area contributed by atoms with Crippen molar-refractivity contribution in [3.05, 3.63) is 33.7 Å². The van der Waals surface area contributed by atoms with Crippen LogP contribution in [0.1, 0.15) is 23.5 Å². The lowest BCUT2D eigenvalue weighted by Crippen LogP contribution is -2.29. The smallest absolute Gasteiger partial charge is 0.293 e. The number of hydrogen-bond acceptors (Lipinski definition) is 5. The van der Waals surface area contributed by atoms with Gasteiger partial charge in [0.15, 0.2) is 0 Å². The van der Waals surface area contributed by atoms with Gasteiger partial charge in [0, 0.05) is 22.2 Å². The highest BCUT2D eigenvalue weighted by molar-refractivity contribution is 14.1. The maximum Gasteiger partial charge on any atom is 0.293 e. The Hall–Kier alpha value is -1.55. The van der Waals surface area contributed by atoms with E-state index < -0.39 is 0 Å². The van der Waals surface area contributed by atoms with Gasteiger partial charge < -0.3 is 4.90 Å². The van der Waals surface area contributed by atoms with Gasteiger partial charge in [-0.2, -0.15) is 9.61 Å². The Morgan fingerprint density at radius 1 is 1.14 bits per heavy atom. The highest BCUT2D eigenvalue weighted by atomic mass is 127. The number of halogens is 1.